The number of ether oxygens (including phenoxy) is 2. The number of benzene rings is 1. The molecule has 7 nitrogen and oxygen atoms in total. The molecule has 0 saturated carbocycles. The van der Waals surface area contributed by atoms with Gasteiger partial charge in [0.2, 0.25) is 0 Å². The molecule has 0 spiro atoms. The molecule has 0 saturated heterocycles. The Morgan fingerprint density at radius 1 is 1.19 bits per heavy atom. The fourth-order valence-corrected chi connectivity index (χ4v) is 3.01. The molecule has 3 aromatic rings. The second kappa shape index (κ2) is 7.83. The molecule has 0 aliphatic carbocycles. The van der Waals surface area contributed by atoms with Crippen molar-refractivity contribution in [2.24, 2.45) is 5.10 Å². The van der Waals surface area contributed by atoms with Crippen LogP contribution in [0.5, 0.6) is 11.5 Å². The lowest BCUT2D eigenvalue weighted by atomic mass is 10.1. The Hall–Kier alpha value is -3.13. The van der Waals surface area contributed by atoms with Crippen molar-refractivity contribution in [3.63, 3.8) is 0 Å². The summed E-state index contributed by atoms with van der Waals surface area (Å²) in [4.78, 5) is 13.3. The highest BCUT2D eigenvalue weighted by Crippen LogP contribution is 2.27. The smallest absolute Gasteiger partial charge is 0.291 e. The Bertz CT molecular complexity index is 932. The summed E-state index contributed by atoms with van der Waals surface area (Å²) in [6.07, 6.45) is 0. The molecule has 0 unspecified atom stereocenters. The first-order valence-electron chi connectivity index (χ1n) is 7.78. The highest BCUT2D eigenvalue weighted by molar-refractivity contribution is 7.13. The number of rotatable bonds is 6. The number of carbonyl (C=O) groups is 1. The van der Waals surface area contributed by atoms with Crippen molar-refractivity contribution in [3.05, 3.63) is 53.0 Å². The molecule has 3 rings (SSSR count). The lowest BCUT2D eigenvalue weighted by Crippen LogP contribution is -2.19. The Morgan fingerprint density at radius 3 is 2.69 bits per heavy atom. The maximum Gasteiger partial charge on any atom is 0.291 e. The minimum absolute atomic E-state index is 0.275. The molecule has 0 aliphatic rings. The zero-order valence-corrected chi connectivity index (χ0v) is 15.4. The number of carbonyl (C=O) groups excluding carboxylic acids is 1. The number of hydrazone groups is 1. The molecule has 0 aliphatic heterocycles. The molecule has 2 N–H and O–H groups in total. The molecule has 2 heterocycles. The highest BCUT2D eigenvalue weighted by atomic mass is 32.1. The minimum Gasteiger partial charge on any atom is -0.493 e. The van der Waals surface area contributed by atoms with Crippen LogP contribution in [0.2, 0.25) is 0 Å². The van der Waals surface area contributed by atoms with Crippen molar-refractivity contribution in [3.8, 4) is 22.1 Å². The molecule has 0 fully saturated rings. The molecule has 1 aromatic carbocycles. The molecule has 0 radical (unpaired) electrons. The van der Waals surface area contributed by atoms with Crippen LogP contribution in [0.1, 0.15) is 23.0 Å². The summed E-state index contributed by atoms with van der Waals surface area (Å²) in [5.74, 6) is 0.841. The summed E-state index contributed by atoms with van der Waals surface area (Å²) in [7, 11) is 3.14. The van der Waals surface area contributed by atoms with Gasteiger partial charge in [-0.05, 0) is 42.6 Å². The second-order valence-corrected chi connectivity index (χ2v) is 6.30. The number of amides is 1. The number of aromatic amines is 1. The predicted molar refractivity (Wildman–Crippen MR) is 101 cm³/mol. The van der Waals surface area contributed by atoms with Crippen LogP contribution < -0.4 is 14.9 Å². The molecule has 26 heavy (non-hydrogen) atoms. The average molecular weight is 370 g/mol. The molecule has 1 amide bonds. The standard InChI is InChI=1S/C18H18N4O3S/c1-11(12-6-7-15(24-2)16(9-12)25-3)19-22-18(23)14-10-13(20-21-14)17-5-4-8-26-17/h4-10H,1-3H3,(H,20,21)(H,22,23). The monoisotopic (exact) mass is 370 g/mol. The van der Waals surface area contributed by atoms with Gasteiger partial charge in [-0.25, -0.2) is 5.43 Å². The summed E-state index contributed by atoms with van der Waals surface area (Å²) >= 11 is 1.57. The summed E-state index contributed by atoms with van der Waals surface area (Å²) < 4.78 is 10.5. The van der Waals surface area contributed by atoms with Gasteiger partial charge >= 0.3 is 0 Å². The molecule has 0 atom stereocenters. The van der Waals surface area contributed by atoms with Crippen LogP contribution in [-0.2, 0) is 0 Å². The lowest BCUT2D eigenvalue weighted by Gasteiger charge is -2.09. The SMILES string of the molecule is COc1ccc(C(C)=NNC(=O)c2cc(-c3cccs3)[nH]n2)cc1OC. The van der Waals surface area contributed by atoms with Crippen molar-refractivity contribution in [1.29, 1.82) is 0 Å². The van der Waals surface area contributed by atoms with Crippen LogP contribution in [0.3, 0.4) is 0 Å². The zero-order valence-electron chi connectivity index (χ0n) is 14.6. The van der Waals surface area contributed by atoms with E-state index in [4.69, 9.17) is 9.47 Å². The third-order valence-corrected chi connectivity index (χ3v) is 4.63. The molecular weight excluding hydrogens is 352 g/mol. The van der Waals surface area contributed by atoms with Gasteiger partial charge in [0.1, 0.15) is 0 Å². The predicted octanol–water partition coefficient (Wildman–Crippen LogP) is 3.31. The first-order chi connectivity index (χ1) is 12.6. The van der Waals surface area contributed by atoms with Gasteiger partial charge in [-0.3, -0.25) is 9.89 Å². The Kier molecular flexibility index (Phi) is 5.33. The van der Waals surface area contributed by atoms with E-state index in [0.29, 0.717) is 17.2 Å². The average Bonchev–Trinajstić information content (AvgIpc) is 3.36. The molecule has 8 heteroatoms. The van der Waals surface area contributed by atoms with Gasteiger partial charge in [0.05, 0.1) is 30.5 Å². The fourth-order valence-electron chi connectivity index (χ4n) is 2.31. The molecule has 2 aromatic heterocycles. The maximum absolute atomic E-state index is 12.2. The molecular formula is C18H18N4O3S. The Morgan fingerprint density at radius 2 is 2.00 bits per heavy atom. The Labute approximate surface area is 154 Å². The van der Waals surface area contributed by atoms with E-state index < -0.39 is 0 Å². The number of hydrogen-bond acceptors (Lipinski definition) is 6. The quantitative estimate of drug-likeness (QED) is 0.515. The van der Waals surface area contributed by atoms with E-state index in [2.05, 4.69) is 20.7 Å². The third kappa shape index (κ3) is 3.75. The van der Waals surface area contributed by atoms with Gasteiger partial charge in [0, 0.05) is 5.56 Å². The van der Waals surface area contributed by atoms with Gasteiger partial charge in [-0.15, -0.1) is 11.3 Å². The summed E-state index contributed by atoms with van der Waals surface area (Å²) in [6.45, 7) is 1.79. The third-order valence-electron chi connectivity index (χ3n) is 3.72. The first kappa shape index (κ1) is 17.7. The minimum atomic E-state index is -0.385. The summed E-state index contributed by atoms with van der Waals surface area (Å²) in [5.41, 5.74) is 5.03. The van der Waals surface area contributed by atoms with Crippen molar-refractivity contribution < 1.29 is 14.3 Å². The van der Waals surface area contributed by atoms with Crippen LogP contribution in [0.15, 0.2) is 46.9 Å². The number of nitrogens with one attached hydrogen (secondary N) is 2. The molecule has 0 bridgehead atoms. The number of aromatic nitrogens is 2. The van der Waals surface area contributed by atoms with Crippen LogP contribution in [-0.4, -0.2) is 36.0 Å². The van der Waals surface area contributed by atoms with Crippen LogP contribution >= 0.6 is 11.3 Å². The number of hydrogen-bond donors (Lipinski definition) is 2. The van der Waals surface area contributed by atoms with Crippen LogP contribution in [0, 0.1) is 0 Å². The van der Waals surface area contributed by atoms with Crippen molar-refractivity contribution in [1.82, 2.24) is 15.6 Å². The van der Waals surface area contributed by atoms with Gasteiger partial charge in [0.25, 0.3) is 5.91 Å². The van der Waals surface area contributed by atoms with Crippen LogP contribution in [0.4, 0.5) is 0 Å². The van der Waals surface area contributed by atoms with E-state index in [9.17, 15) is 4.79 Å². The van der Waals surface area contributed by atoms with E-state index in [1.54, 1.807) is 50.7 Å². The normalized spacial score (nSPS) is 11.3. The first-order valence-corrected chi connectivity index (χ1v) is 8.66. The van der Waals surface area contributed by atoms with E-state index in [1.165, 1.54) is 0 Å². The van der Waals surface area contributed by atoms with Crippen molar-refractivity contribution in [2.45, 2.75) is 6.92 Å². The van der Waals surface area contributed by atoms with Crippen molar-refractivity contribution in [2.75, 3.05) is 14.2 Å². The lowest BCUT2D eigenvalue weighted by molar-refractivity contribution is 0.0950. The molecule has 134 valence electrons. The Balaban J connectivity index is 1.72. The number of methoxy groups -OCH3 is 2. The van der Waals surface area contributed by atoms with Gasteiger partial charge in [-0.2, -0.15) is 10.2 Å². The van der Waals surface area contributed by atoms with Gasteiger partial charge in [0.15, 0.2) is 17.2 Å². The fraction of sp³-hybridized carbons (Fsp3) is 0.167. The zero-order chi connectivity index (χ0) is 18.5. The number of nitrogens with zero attached hydrogens (tertiary/aromatic N) is 2. The largest absolute Gasteiger partial charge is 0.493 e. The van der Waals surface area contributed by atoms with E-state index >= 15 is 0 Å². The van der Waals surface area contributed by atoms with E-state index in [-0.39, 0.29) is 11.6 Å². The maximum atomic E-state index is 12.2. The van der Waals surface area contributed by atoms with Crippen molar-refractivity contribution >= 4 is 23.0 Å². The van der Waals surface area contributed by atoms with Gasteiger partial charge in [-0.1, -0.05) is 6.07 Å². The number of thiophene rings is 1. The summed E-state index contributed by atoms with van der Waals surface area (Å²) in [6, 6.07) is 11.0. The topological polar surface area (TPSA) is 88.6 Å². The van der Waals surface area contributed by atoms with Gasteiger partial charge < -0.3 is 9.47 Å². The second-order valence-electron chi connectivity index (χ2n) is 5.35. The van der Waals surface area contributed by atoms with E-state index in [1.807, 2.05) is 23.6 Å². The van der Waals surface area contributed by atoms with E-state index in [0.717, 1.165) is 16.1 Å². The highest BCUT2D eigenvalue weighted by Gasteiger charge is 2.12. The number of H-pyrrole nitrogens is 1. The van der Waals surface area contributed by atoms with Crippen LogP contribution in [0.25, 0.3) is 10.6 Å². The summed E-state index contributed by atoms with van der Waals surface area (Å²) in [5, 5.41) is 13.0.